The summed E-state index contributed by atoms with van der Waals surface area (Å²) in [7, 11) is 0. The van der Waals surface area contributed by atoms with Gasteiger partial charge in [0.15, 0.2) is 0 Å². The van der Waals surface area contributed by atoms with Gasteiger partial charge in [0.25, 0.3) is 0 Å². The number of ether oxygens (including phenoxy) is 1. The average Bonchev–Trinajstić information content (AvgIpc) is 3.16. The lowest BCUT2D eigenvalue weighted by Gasteiger charge is -2.33. The normalized spacial score (nSPS) is 26.5. The molecule has 0 spiro atoms. The van der Waals surface area contributed by atoms with Crippen LogP contribution < -0.4 is 0 Å². The van der Waals surface area contributed by atoms with Gasteiger partial charge in [-0.3, -0.25) is 9.59 Å². The highest BCUT2D eigenvalue weighted by molar-refractivity contribution is 5.82. The van der Waals surface area contributed by atoms with E-state index in [1.165, 1.54) is 0 Å². The number of imidazole rings is 1. The predicted octanol–water partition coefficient (Wildman–Crippen LogP) is 0.826. The summed E-state index contributed by atoms with van der Waals surface area (Å²) in [4.78, 5) is 30.5. The number of carbonyl (C=O) groups excluding carboxylic acids is 1. The molecule has 2 aromatic heterocycles. The zero-order valence-corrected chi connectivity index (χ0v) is 13.2. The molecule has 2 aromatic rings. The van der Waals surface area contributed by atoms with E-state index in [1.807, 2.05) is 35.0 Å². The Hall–Kier alpha value is -2.41. The minimum absolute atomic E-state index is 0.0755. The van der Waals surface area contributed by atoms with Crippen LogP contribution in [0.4, 0.5) is 0 Å². The molecule has 4 rings (SSSR count). The first kappa shape index (κ1) is 15.1. The summed E-state index contributed by atoms with van der Waals surface area (Å²) in [6, 6.07) is 5.69. The molecule has 7 nitrogen and oxygen atoms in total. The molecule has 0 aromatic carbocycles. The minimum atomic E-state index is -0.854. The van der Waals surface area contributed by atoms with Crippen molar-refractivity contribution < 1.29 is 19.4 Å². The lowest BCUT2D eigenvalue weighted by Crippen LogP contribution is -2.45. The van der Waals surface area contributed by atoms with Crippen LogP contribution in [0.2, 0.25) is 0 Å². The highest BCUT2D eigenvalue weighted by Gasteiger charge is 2.54. The van der Waals surface area contributed by atoms with Gasteiger partial charge < -0.3 is 19.1 Å². The summed E-state index contributed by atoms with van der Waals surface area (Å²) in [5, 5.41) is 9.67. The van der Waals surface area contributed by atoms with Crippen molar-refractivity contribution in [2.75, 3.05) is 26.3 Å². The van der Waals surface area contributed by atoms with Gasteiger partial charge in [0.1, 0.15) is 5.65 Å². The van der Waals surface area contributed by atoms with Gasteiger partial charge in [-0.2, -0.15) is 0 Å². The maximum absolute atomic E-state index is 12.6. The van der Waals surface area contributed by atoms with Crippen LogP contribution in [0.25, 0.3) is 5.65 Å². The van der Waals surface area contributed by atoms with E-state index < -0.39 is 11.4 Å². The van der Waals surface area contributed by atoms with Crippen LogP contribution in [0.15, 0.2) is 30.6 Å². The molecule has 24 heavy (non-hydrogen) atoms. The fourth-order valence-corrected chi connectivity index (χ4v) is 3.83. The number of carbonyl (C=O) groups is 2. The third-order valence-corrected chi connectivity index (χ3v) is 5.23. The van der Waals surface area contributed by atoms with Crippen molar-refractivity contribution in [2.45, 2.75) is 12.8 Å². The van der Waals surface area contributed by atoms with Gasteiger partial charge in [-0.25, -0.2) is 4.98 Å². The van der Waals surface area contributed by atoms with Gasteiger partial charge in [-0.15, -0.1) is 0 Å². The minimum Gasteiger partial charge on any atom is -0.481 e. The number of fused-ring (bicyclic) bond motifs is 2. The van der Waals surface area contributed by atoms with Crippen LogP contribution in [-0.4, -0.2) is 57.6 Å². The molecule has 0 aliphatic carbocycles. The molecule has 0 unspecified atom stereocenters. The van der Waals surface area contributed by atoms with Gasteiger partial charge in [0.05, 0.1) is 24.1 Å². The van der Waals surface area contributed by atoms with E-state index in [-0.39, 0.29) is 24.8 Å². The Labute approximate surface area is 138 Å². The molecule has 2 atom stereocenters. The lowest BCUT2D eigenvalue weighted by atomic mass is 9.74. The maximum Gasteiger partial charge on any atom is 0.311 e. The van der Waals surface area contributed by atoms with Crippen LogP contribution >= 0.6 is 0 Å². The molecule has 1 N–H and O–H groups in total. The summed E-state index contributed by atoms with van der Waals surface area (Å²) >= 11 is 0. The smallest absolute Gasteiger partial charge is 0.311 e. The van der Waals surface area contributed by atoms with Crippen molar-refractivity contribution in [1.29, 1.82) is 0 Å². The van der Waals surface area contributed by atoms with Crippen molar-refractivity contribution in [3.05, 3.63) is 36.3 Å². The number of aromatic nitrogens is 2. The first-order valence-electron chi connectivity index (χ1n) is 8.10. The molecule has 1 amide bonds. The second-order valence-electron chi connectivity index (χ2n) is 6.63. The molecule has 2 aliphatic rings. The van der Waals surface area contributed by atoms with Crippen LogP contribution in [-0.2, 0) is 20.7 Å². The molecular weight excluding hydrogens is 310 g/mol. The van der Waals surface area contributed by atoms with Crippen molar-refractivity contribution in [3.63, 3.8) is 0 Å². The second kappa shape index (κ2) is 5.59. The summed E-state index contributed by atoms with van der Waals surface area (Å²) in [5.74, 6) is -1.03. The Balaban J connectivity index is 1.51. The molecule has 0 radical (unpaired) electrons. The Morgan fingerprint density at radius 2 is 2.29 bits per heavy atom. The van der Waals surface area contributed by atoms with Gasteiger partial charge in [-0.1, -0.05) is 6.07 Å². The van der Waals surface area contributed by atoms with Gasteiger partial charge in [-0.05, 0) is 18.6 Å². The second-order valence-corrected chi connectivity index (χ2v) is 6.63. The number of carboxylic acids is 1. The first-order valence-corrected chi connectivity index (χ1v) is 8.10. The van der Waals surface area contributed by atoms with Crippen molar-refractivity contribution in [2.24, 2.45) is 11.3 Å². The number of pyridine rings is 1. The van der Waals surface area contributed by atoms with E-state index in [4.69, 9.17) is 4.74 Å². The fourth-order valence-electron chi connectivity index (χ4n) is 3.83. The van der Waals surface area contributed by atoms with Crippen LogP contribution in [0.5, 0.6) is 0 Å². The number of carboxylic acid groups (broad SMARTS) is 1. The molecule has 2 aliphatic heterocycles. The van der Waals surface area contributed by atoms with E-state index >= 15 is 0 Å². The largest absolute Gasteiger partial charge is 0.481 e. The van der Waals surface area contributed by atoms with E-state index in [1.54, 1.807) is 4.90 Å². The number of nitrogens with zero attached hydrogens (tertiary/aromatic N) is 3. The third kappa shape index (κ3) is 2.36. The monoisotopic (exact) mass is 329 g/mol. The first-order chi connectivity index (χ1) is 11.6. The van der Waals surface area contributed by atoms with E-state index in [0.29, 0.717) is 31.9 Å². The quantitative estimate of drug-likeness (QED) is 0.901. The van der Waals surface area contributed by atoms with Crippen LogP contribution in [0.1, 0.15) is 12.1 Å². The lowest BCUT2D eigenvalue weighted by molar-refractivity contribution is -0.157. The van der Waals surface area contributed by atoms with Gasteiger partial charge in [0.2, 0.25) is 5.91 Å². The topological polar surface area (TPSA) is 84.1 Å². The van der Waals surface area contributed by atoms with Crippen molar-refractivity contribution in [3.8, 4) is 0 Å². The van der Waals surface area contributed by atoms with E-state index in [9.17, 15) is 14.7 Å². The Morgan fingerprint density at radius 1 is 1.42 bits per heavy atom. The number of likely N-dealkylation sites (tertiary alicyclic amines) is 1. The zero-order chi connectivity index (χ0) is 16.7. The predicted molar refractivity (Wildman–Crippen MR) is 84.5 cm³/mol. The van der Waals surface area contributed by atoms with E-state index in [0.717, 1.165) is 5.65 Å². The highest BCUT2D eigenvalue weighted by atomic mass is 16.5. The van der Waals surface area contributed by atoms with Gasteiger partial charge in [0, 0.05) is 38.0 Å². The number of hydrogen-bond donors (Lipinski definition) is 1. The Morgan fingerprint density at radius 3 is 3.04 bits per heavy atom. The number of rotatable bonds is 3. The number of aliphatic carboxylic acids is 1. The molecule has 4 heterocycles. The van der Waals surface area contributed by atoms with Crippen LogP contribution in [0, 0.1) is 11.3 Å². The fraction of sp³-hybridized carbons (Fsp3) is 0.471. The van der Waals surface area contributed by atoms with Crippen molar-refractivity contribution >= 4 is 17.5 Å². The zero-order valence-electron chi connectivity index (χ0n) is 13.2. The highest BCUT2D eigenvalue weighted by Crippen LogP contribution is 2.42. The molecule has 2 fully saturated rings. The Bertz CT molecular complexity index is 769. The molecule has 0 bridgehead atoms. The molecule has 0 saturated carbocycles. The molecule has 2 saturated heterocycles. The van der Waals surface area contributed by atoms with Crippen molar-refractivity contribution in [1.82, 2.24) is 14.3 Å². The van der Waals surface area contributed by atoms with E-state index in [2.05, 4.69) is 4.98 Å². The number of amides is 1. The average molecular weight is 329 g/mol. The summed E-state index contributed by atoms with van der Waals surface area (Å²) in [5.41, 5.74) is 0.639. The number of hydrogen-bond acceptors (Lipinski definition) is 4. The Kier molecular flexibility index (Phi) is 3.53. The summed E-state index contributed by atoms with van der Waals surface area (Å²) in [6.07, 6.45) is 4.38. The summed E-state index contributed by atoms with van der Waals surface area (Å²) < 4.78 is 7.30. The standard InChI is InChI=1S/C17H19N3O4/c21-15(7-13-9-19-5-2-1-3-14(19)18-13)20-8-12-10-24-6-4-17(12,11-20)16(22)23/h1-3,5,9,12H,4,6-8,10-11H2,(H,22,23)/t12-,17+/m0/s1. The molecule has 7 heteroatoms. The SMILES string of the molecule is O=C(Cc1cn2ccccc2n1)N1C[C@H]2COCC[C@@]2(C(=O)O)C1. The third-order valence-electron chi connectivity index (χ3n) is 5.23. The van der Waals surface area contributed by atoms with Crippen LogP contribution in [0.3, 0.4) is 0 Å². The molecule has 126 valence electrons. The van der Waals surface area contributed by atoms with Gasteiger partial charge >= 0.3 is 5.97 Å². The maximum atomic E-state index is 12.6. The summed E-state index contributed by atoms with van der Waals surface area (Å²) in [6.45, 7) is 1.56. The molecular formula is C17H19N3O4.